The summed E-state index contributed by atoms with van der Waals surface area (Å²) < 4.78 is 5.97. The van der Waals surface area contributed by atoms with Gasteiger partial charge in [-0.3, -0.25) is 19.5 Å². The molecule has 4 heterocycles. The Hall–Kier alpha value is -2.03. The van der Waals surface area contributed by atoms with E-state index in [0.717, 1.165) is 45.4 Å². The molecule has 1 aromatic rings. The molecule has 1 N–H and O–H groups in total. The van der Waals surface area contributed by atoms with Crippen molar-refractivity contribution in [3.8, 4) is 0 Å². The Balaban J connectivity index is 1.21. The van der Waals surface area contributed by atoms with Gasteiger partial charge in [0, 0.05) is 76.4 Å². The van der Waals surface area contributed by atoms with Gasteiger partial charge in [0.15, 0.2) is 0 Å². The number of rotatable bonds is 5. The van der Waals surface area contributed by atoms with Crippen molar-refractivity contribution in [2.45, 2.75) is 49.9 Å². The minimum atomic E-state index is -0.00247. The Labute approximate surface area is 178 Å². The average molecular weight is 416 g/mol. The number of morpholine rings is 1. The molecule has 0 bridgehead atoms. The molecular weight excluding hydrogens is 382 g/mol. The molecule has 1 aromatic heterocycles. The highest BCUT2D eigenvalue weighted by Gasteiger charge is 2.39. The molecule has 0 aromatic carbocycles. The third-order valence-corrected chi connectivity index (χ3v) is 6.57. The van der Waals surface area contributed by atoms with Crippen LogP contribution in [0.25, 0.3) is 0 Å². The first-order valence-electron chi connectivity index (χ1n) is 11.0. The van der Waals surface area contributed by atoms with Crippen molar-refractivity contribution in [3.63, 3.8) is 0 Å². The fourth-order valence-corrected chi connectivity index (χ4v) is 4.82. The molecule has 3 fully saturated rings. The third kappa shape index (κ3) is 4.99. The molecule has 3 atom stereocenters. The van der Waals surface area contributed by atoms with Crippen molar-refractivity contribution < 1.29 is 14.3 Å². The summed E-state index contributed by atoms with van der Waals surface area (Å²) in [5, 5.41) is 3.83. The lowest BCUT2D eigenvalue weighted by atomic mass is 10.0. The van der Waals surface area contributed by atoms with Gasteiger partial charge in [0.2, 0.25) is 5.91 Å². The van der Waals surface area contributed by atoms with Gasteiger partial charge in [-0.15, -0.1) is 0 Å². The van der Waals surface area contributed by atoms with Crippen molar-refractivity contribution in [1.82, 2.24) is 25.0 Å². The highest BCUT2D eigenvalue weighted by atomic mass is 16.5. The second kappa shape index (κ2) is 9.41. The molecule has 0 spiro atoms. The lowest BCUT2D eigenvalue weighted by molar-refractivity contribution is -0.134. The number of nitrogens with zero attached hydrogens (tertiary/aromatic N) is 4. The number of carbonyl (C=O) groups excluding carboxylic acids is 2. The fraction of sp³-hybridized carbons (Fsp3) is 0.682. The van der Waals surface area contributed by atoms with Crippen LogP contribution in [-0.2, 0) is 9.53 Å². The first kappa shape index (κ1) is 21.2. The van der Waals surface area contributed by atoms with Crippen molar-refractivity contribution in [1.29, 1.82) is 0 Å². The topological polar surface area (TPSA) is 78.0 Å². The minimum absolute atomic E-state index is 0.00247. The Morgan fingerprint density at radius 3 is 2.60 bits per heavy atom. The van der Waals surface area contributed by atoms with E-state index in [1.54, 1.807) is 43.5 Å². The zero-order chi connectivity index (χ0) is 21.1. The normalized spacial score (nSPS) is 27.7. The summed E-state index contributed by atoms with van der Waals surface area (Å²) >= 11 is 0. The van der Waals surface area contributed by atoms with Crippen molar-refractivity contribution >= 4 is 11.8 Å². The number of hydrogen-bond donors (Lipinski definition) is 1. The fourth-order valence-electron chi connectivity index (χ4n) is 4.82. The molecule has 3 saturated heterocycles. The van der Waals surface area contributed by atoms with Crippen molar-refractivity contribution in [2.24, 2.45) is 0 Å². The van der Waals surface area contributed by atoms with Gasteiger partial charge in [-0.2, -0.15) is 0 Å². The van der Waals surface area contributed by atoms with Crippen LogP contribution in [0, 0.1) is 0 Å². The predicted molar refractivity (Wildman–Crippen MR) is 113 cm³/mol. The maximum absolute atomic E-state index is 12.6. The maximum Gasteiger partial charge on any atom is 0.253 e. The summed E-state index contributed by atoms with van der Waals surface area (Å²) in [6.07, 6.45) is 6.84. The summed E-state index contributed by atoms with van der Waals surface area (Å²) in [6.45, 7) is 4.13. The van der Waals surface area contributed by atoms with E-state index in [2.05, 4.69) is 15.2 Å². The van der Waals surface area contributed by atoms with Crippen LogP contribution in [0.5, 0.6) is 0 Å². The Morgan fingerprint density at radius 1 is 1.17 bits per heavy atom. The first-order chi connectivity index (χ1) is 14.5. The highest BCUT2D eigenvalue weighted by Crippen LogP contribution is 2.26. The lowest BCUT2D eigenvalue weighted by Crippen LogP contribution is -2.49. The van der Waals surface area contributed by atoms with Gasteiger partial charge in [-0.1, -0.05) is 0 Å². The third-order valence-electron chi connectivity index (χ3n) is 6.57. The zero-order valence-corrected chi connectivity index (χ0v) is 18.0. The summed E-state index contributed by atoms with van der Waals surface area (Å²) in [5.74, 6) is 0.227. The quantitative estimate of drug-likeness (QED) is 0.759. The molecule has 0 saturated carbocycles. The van der Waals surface area contributed by atoms with Crippen LogP contribution in [0.3, 0.4) is 0 Å². The van der Waals surface area contributed by atoms with Gasteiger partial charge in [0.25, 0.3) is 5.91 Å². The van der Waals surface area contributed by atoms with Crippen LogP contribution in [0.2, 0.25) is 0 Å². The van der Waals surface area contributed by atoms with E-state index in [1.807, 2.05) is 4.90 Å². The number of amides is 2. The lowest BCUT2D eigenvalue weighted by Gasteiger charge is -2.35. The molecule has 0 unspecified atom stereocenters. The average Bonchev–Trinajstić information content (AvgIpc) is 3.16. The molecule has 164 valence electrons. The van der Waals surface area contributed by atoms with Gasteiger partial charge in [-0.05, 0) is 31.4 Å². The minimum Gasteiger partial charge on any atom is -0.375 e. The molecule has 3 aliphatic heterocycles. The van der Waals surface area contributed by atoms with E-state index >= 15 is 0 Å². The van der Waals surface area contributed by atoms with E-state index < -0.39 is 0 Å². The predicted octanol–water partition coefficient (Wildman–Crippen LogP) is 0.596. The molecular formula is C22H33N5O3. The standard InChI is InChI=1S/C22H33N5O3/c1-25(2)21(28)12-20-14-27-13-18(11-19(27)15-30-20)24-17-5-9-26(10-6-17)22(29)16-3-7-23-8-4-16/h3-4,7-8,17-20,24H,5-6,9-15H2,1-2H3/t18-,19+,20+/m1/s1. The van der Waals surface area contributed by atoms with Gasteiger partial charge >= 0.3 is 0 Å². The molecule has 0 radical (unpaired) electrons. The molecule has 30 heavy (non-hydrogen) atoms. The first-order valence-corrected chi connectivity index (χ1v) is 11.0. The van der Waals surface area contributed by atoms with Gasteiger partial charge < -0.3 is 19.9 Å². The smallest absolute Gasteiger partial charge is 0.253 e. The van der Waals surface area contributed by atoms with Crippen molar-refractivity contribution in [3.05, 3.63) is 30.1 Å². The van der Waals surface area contributed by atoms with E-state index in [9.17, 15) is 9.59 Å². The number of nitrogens with one attached hydrogen (secondary N) is 1. The number of piperidine rings is 1. The van der Waals surface area contributed by atoms with Gasteiger partial charge in [0.05, 0.1) is 19.1 Å². The Bertz CT molecular complexity index is 736. The highest BCUT2D eigenvalue weighted by molar-refractivity contribution is 5.94. The van der Waals surface area contributed by atoms with E-state index in [4.69, 9.17) is 4.74 Å². The van der Waals surface area contributed by atoms with E-state index in [1.165, 1.54) is 0 Å². The number of carbonyl (C=O) groups is 2. The second-order valence-electron chi connectivity index (χ2n) is 8.96. The van der Waals surface area contributed by atoms with Gasteiger partial charge in [0.1, 0.15) is 0 Å². The summed E-state index contributed by atoms with van der Waals surface area (Å²) in [5.41, 5.74) is 0.714. The Kier molecular flexibility index (Phi) is 6.65. The Morgan fingerprint density at radius 2 is 1.90 bits per heavy atom. The molecule has 0 aliphatic carbocycles. The van der Waals surface area contributed by atoms with E-state index in [0.29, 0.717) is 36.7 Å². The number of pyridine rings is 1. The molecule has 2 amide bonds. The summed E-state index contributed by atoms with van der Waals surface area (Å²) in [4.78, 5) is 34.6. The number of ether oxygens (including phenoxy) is 1. The van der Waals surface area contributed by atoms with Crippen LogP contribution in [0.4, 0.5) is 0 Å². The van der Waals surface area contributed by atoms with Crippen LogP contribution in [0.1, 0.15) is 36.0 Å². The number of likely N-dealkylation sites (tertiary alicyclic amines) is 1. The summed E-state index contributed by atoms with van der Waals surface area (Å²) in [6, 6.07) is 4.91. The van der Waals surface area contributed by atoms with Crippen LogP contribution in [-0.4, -0.2) is 103 Å². The van der Waals surface area contributed by atoms with Crippen LogP contribution in [0.15, 0.2) is 24.5 Å². The number of aromatic nitrogens is 1. The monoisotopic (exact) mass is 415 g/mol. The van der Waals surface area contributed by atoms with E-state index in [-0.39, 0.29) is 17.9 Å². The SMILES string of the molecule is CN(C)C(=O)C[C@H]1CN2C[C@H](NC3CCN(C(=O)c4ccncc4)CC3)C[C@H]2CO1. The van der Waals surface area contributed by atoms with Crippen LogP contribution < -0.4 is 5.32 Å². The molecule has 8 heteroatoms. The van der Waals surface area contributed by atoms with Crippen LogP contribution >= 0.6 is 0 Å². The molecule has 3 aliphatic rings. The second-order valence-corrected chi connectivity index (χ2v) is 8.96. The zero-order valence-electron chi connectivity index (χ0n) is 18.0. The van der Waals surface area contributed by atoms with Gasteiger partial charge in [-0.25, -0.2) is 0 Å². The molecule has 4 rings (SSSR count). The largest absolute Gasteiger partial charge is 0.375 e. The maximum atomic E-state index is 12.6. The van der Waals surface area contributed by atoms with Crippen molar-refractivity contribution in [2.75, 3.05) is 46.9 Å². The number of fused-ring (bicyclic) bond motifs is 1. The molecule has 8 nitrogen and oxygen atoms in total. The summed E-state index contributed by atoms with van der Waals surface area (Å²) in [7, 11) is 3.58. The number of hydrogen-bond acceptors (Lipinski definition) is 6.